The first-order valence-corrected chi connectivity index (χ1v) is 8.52. The van der Waals surface area contributed by atoms with Crippen molar-refractivity contribution in [2.24, 2.45) is 0 Å². The summed E-state index contributed by atoms with van der Waals surface area (Å²) in [6.45, 7) is 5.04. The molecule has 0 fully saturated rings. The Kier molecular flexibility index (Phi) is 5.37. The molecule has 0 aliphatic rings. The fourth-order valence-electron chi connectivity index (χ4n) is 2.77. The van der Waals surface area contributed by atoms with Crippen molar-refractivity contribution in [1.29, 1.82) is 0 Å². The van der Waals surface area contributed by atoms with Gasteiger partial charge in [0.15, 0.2) is 0 Å². The summed E-state index contributed by atoms with van der Waals surface area (Å²) in [6.07, 6.45) is 1.95. The second-order valence-corrected chi connectivity index (χ2v) is 6.31. The minimum atomic E-state index is -0.244. The van der Waals surface area contributed by atoms with Crippen molar-refractivity contribution in [3.05, 3.63) is 89.0 Å². The van der Waals surface area contributed by atoms with Crippen LogP contribution in [0.5, 0.6) is 0 Å². The highest BCUT2D eigenvalue weighted by Gasteiger charge is 2.07. The third-order valence-electron chi connectivity index (χ3n) is 4.47. The summed E-state index contributed by atoms with van der Waals surface area (Å²) in [7, 11) is 0. The van der Waals surface area contributed by atoms with Gasteiger partial charge in [-0.05, 0) is 60.9 Å². The number of aryl methyl sites for hydroxylation is 1. The summed E-state index contributed by atoms with van der Waals surface area (Å²) in [4.78, 5) is 12.2. The van der Waals surface area contributed by atoms with Crippen LogP contribution in [0.3, 0.4) is 0 Å². The minimum absolute atomic E-state index is 0.242. The Hall–Kier alpha value is -3.08. The third kappa shape index (κ3) is 4.30. The van der Waals surface area contributed by atoms with E-state index in [9.17, 15) is 9.18 Å². The van der Waals surface area contributed by atoms with Crippen LogP contribution >= 0.6 is 0 Å². The second kappa shape index (κ2) is 7.87. The van der Waals surface area contributed by atoms with Gasteiger partial charge in [0.05, 0.1) is 6.54 Å². The van der Waals surface area contributed by atoms with E-state index in [1.54, 1.807) is 12.1 Å². The average Bonchev–Trinajstić information content (AvgIpc) is 3.06. The molecule has 2 amide bonds. The van der Waals surface area contributed by atoms with Crippen molar-refractivity contribution in [3.63, 3.8) is 0 Å². The molecule has 0 aliphatic heterocycles. The van der Waals surface area contributed by atoms with E-state index in [4.69, 9.17) is 0 Å². The van der Waals surface area contributed by atoms with Gasteiger partial charge >= 0.3 is 6.03 Å². The Bertz CT molecular complexity index is 900. The number of halogens is 1. The number of benzene rings is 2. The zero-order valence-electron chi connectivity index (χ0n) is 14.9. The van der Waals surface area contributed by atoms with Gasteiger partial charge in [0.2, 0.25) is 0 Å². The fraction of sp³-hybridized carbons (Fsp3) is 0.190. The van der Waals surface area contributed by atoms with Gasteiger partial charge in [-0.15, -0.1) is 0 Å². The van der Waals surface area contributed by atoms with Crippen molar-refractivity contribution in [2.45, 2.75) is 26.9 Å². The molecule has 1 heterocycles. The molecule has 0 saturated heterocycles. The highest BCUT2D eigenvalue weighted by molar-refractivity contribution is 5.90. The Morgan fingerprint density at radius 3 is 2.58 bits per heavy atom. The van der Waals surface area contributed by atoms with Crippen molar-refractivity contribution >= 4 is 11.7 Å². The molecule has 2 aromatic carbocycles. The van der Waals surface area contributed by atoms with E-state index in [0.717, 1.165) is 28.1 Å². The lowest BCUT2D eigenvalue weighted by Crippen LogP contribution is -2.29. The standard InChI is InChI=1S/C21H22FN3O/c1-15-5-3-7-20(16(15)2)24-21(26)23-13-19-6-4-12-25(19)14-17-8-10-18(22)11-9-17/h3-12H,13-14H2,1-2H3,(H2,23,24,26). The monoisotopic (exact) mass is 351 g/mol. The molecular formula is C21H22FN3O. The fourth-order valence-corrected chi connectivity index (χ4v) is 2.77. The first kappa shape index (κ1) is 17.7. The first-order valence-electron chi connectivity index (χ1n) is 8.52. The zero-order chi connectivity index (χ0) is 18.5. The second-order valence-electron chi connectivity index (χ2n) is 6.31. The molecule has 0 saturated carbocycles. The molecule has 3 aromatic rings. The highest BCUT2D eigenvalue weighted by Crippen LogP contribution is 2.17. The minimum Gasteiger partial charge on any atom is -0.345 e. The summed E-state index contributed by atoms with van der Waals surface area (Å²) in [5.74, 6) is -0.244. The SMILES string of the molecule is Cc1cccc(NC(=O)NCc2cccn2Cc2ccc(F)cc2)c1C. The van der Waals surface area contributed by atoms with Crippen LogP contribution in [0.25, 0.3) is 0 Å². The van der Waals surface area contributed by atoms with Crippen LogP contribution < -0.4 is 10.6 Å². The van der Waals surface area contributed by atoms with Gasteiger partial charge in [0.25, 0.3) is 0 Å². The normalized spacial score (nSPS) is 10.6. The lowest BCUT2D eigenvalue weighted by molar-refractivity contribution is 0.251. The predicted octanol–water partition coefficient (Wildman–Crippen LogP) is 4.61. The summed E-state index contributed by atoms with van der Waals surface area (Å²) in [5.41, 5.74) is 4.98. The molecule has 0 bridgehead atoms. The van der Waals surface area contributed by atoms with Gasteiger partial charge in [-0.1, -0.05) is 24.3 Å². The lowest BCUT2D eigenvalue weighted by Gasteiger charge is -2.13. The van der Waals surface area contributed by atoms with Gasteiger partial charge in [0, 0.05) is 24.1 Å². The molecule has 0 unspecified atom stereocenters. The number of amides is 2. The summed E-state index contributed by atoms with van der Waals surface area (Å²) < 4.78 is 15.1. The van der Waals surface area contributed by atoms with E-state index in [2.05, 4.69) is 10.6 Å². The van der Waals surface area contributed by atoms with Crippen LogP contribution in [-0.2, 0) is 13.1 Å². The molecular weight excluding hydrogens is 329 g/mol. The van der Waals surface area contributed by atoms with E-state index in [1.165, 1.54) is 12.1 Å². The number of rotatable bonds is 5. The van der Waals surface area contributed by atoms with E-state index < -0.39 is 0 Å². The van der Waals surface area contributed by atoms with Crippen LogP contribution in [-0.4, -0.2) is 10.6 Å². The quantitative estimate of drug-likeness (QED) is 0.692. The van der Waals surface area contributed by atoms with Crippen molar-refractivity contribution in [2.75, 3.05) is 5.32 Å². The number of nitrogens with zero attached hydrogens (tertiary/aromatic N) is 1. The molecule has 0 spiro atoms. The molecule has 2 N–H and O–H groups in total. The van der Waals surface area contributed by atoms with E-state index in [-0.39, 0.29) is 11.8 Å². The van der Waals surface area contributed by atoms with Crippen molar-refractivity contribution in [1.82, 2.24) is 9.88 Å². The number of hydrogen-bond acceptors (Lipinski definition) is 1. The van der Waals surface area contributed by atoms with E-state index in [1.807, 2.05) is 54.9 Å². The molecule has 0 atom stereocenters. The number of anilines is 1. The van der Waals surface area contributed by atoms with Crippen LogP contribution in [0.2, 0.25) is 0 Å². The smallest absolute Gasteiger partial charge is 0.319 e. The summed E-state index contributed by atoms with van der Waals surface area (Å²) >= 11 is 0. The maximum absolute atomic E-state index is 13.0. The number of hydrogen-bond donors (Lipinski definition) is 2. The van der Waals surface area contributed by atoms with Gasteiger partial charge in [-0.3, -0.25) is 0 Å². The lowest BCUT2D eigenvalue weighted by atomic mass is 10.1. The molecule has 5 heteroatoms. The Morgan fingerprint density at radius 1 is 1.04 bits per heavy atom. The molecule has 4 nitrogen and oxygen atoms in total. The van der Waals surface area contributed by atoms with Crippen LogP contribution in [0.15, 0.2) is 60.8 Å². The van der Waals surface area contributed by atoms with E-state index in [0.29, 0.717) is 13.1 Å². The molecule has 26 heavy (non-hydrogen) atoms. The van der Waals surface area contributed by atoms with Crippen molar-refractivity contribution in [3.8, 4) is 0 Å². The van der Waals surface area contributed by atoms with Gasteiger partial charge in [-0.25, -0.2) is 9.18 Å². The third-order valence-corrected chi connectivity index (χ3v) is 4.47. The first-order chi connectivity index (χ1) is 12.5. The predicted molar refractivity (Wildman–Crippen MR) is 102 cm³/mol. The van der Waals surface area contributed by atoms with E-state index >= 15 is 0 Å². The average molecular weight is 351 g/mol. The molecule has 0 radical (unpaired) electrons. The van der Waals surface area contributed by atoms with Gasteiger partial charge in [-0.2, -0.15) is 0 Å². The number of aromatic nitrogens is 1. The van der Waals surface area contributed by atoms with Gasteiger partial charge in [0.1, 0.15) is 5.82 Å². The van der Waals surface area contributed by atoms with Crippen LogP contribution in [0.1, 0.15) is 22.4 Å². The molecule has 3 rings (SSSR count). The Morgan fingerprint density at radius 2 is 1.81 bits per heavy atom. The van der Waals surface area contributed by atoms with Crippen molar-refractivity contribution < 1.29 is 9.18 Å². The number of carbonyl (C=O) groups excluding carboxylic acids is 1. The largest absolute Gasteiger partial charge is 0.345 e. The topological polar surface area (TPSA) is 46.1 Å². The molecule has 0 aliphatic carbocycles. The molecule has 134 valence electrons. The Labute approximate surface area is 152 Å². The maximum atomic E-state index is 13.0. The zero-order valence-corrected chi connectivity index (χ0v) is 14.9. The highest BCUT2D eigenvalue weighted by atomic mass is 19.1. The summed E-state index contributed by atoms with van der Waals surface area (Å²) in [6, 6.07) is 15.9. The Balaban J connectivity index is 1.60. The van der Waals surface area contributed by atoms with Gasteiger partial charge < -0.3 is 15.2 Å². The number of carbonyl (C=O) groups is 1. The van der Waals surface area contributed by atoms with Crippen LogP contribution in [0, 0.1) is 19.7 Å². The summed E-state index contributed by atoms with van der Waals surface area (Å²) in [5, 5.41) is 5.77. The van der Waals surface area contributed by atoms with Crippen LogP contribution in [0.4, 0.5) is 14.9 Å². The number of nitrogens with one attached hydrogen (secondary N) is 2. The molecule has 1 aromatic heterocycles. The maximum Gasteiger partial charge on any atom is 0.319 e. The number of urea groups is 1.